The Hall–Kier alpha value is -0.120. The van der Waals surface area contributed by atoms with Gasteiger partial charge in [-0.2, -0.15) is 0 Å². The van der Waals surface area contributed by atoms with E-state index in [4.69, 9.17) is 0 Å². The predicted octanol–water partition coefficient (Wildman–Crippen LogP) is 1.93. The molecule has 0 amide bonds. The van der Waals surface area contributed by atoms with E-state index in [0.717, 1.165) is 12.1 Å². The highest BCUT2D eigenvalue weighted by atomic mass is 15.2. The van der Waals surface area contributed by atoms with E-state index in [2.05, 4.69) is 29.1 Å². The minimum Gasteiger partial charge on any atom is -0.316 e. The van der Waals surface area contributed by atoms with Gasteiger partial charge in [-0.25, -0.2) is 0 Å². The SMILES string of the molecule is CNC1CCCN(CCCN2CCCCC2C)C1. The molecule has 0 radical (unpaired) electrons. The summed E-state index contributed by atoms with van der Waals surface area (Å²) < 4.78 is 0. The van der Waals surface area contributed by atoms with Crippen LogP contribution in [0.5, 0.6) is 0 Å². The quantitative estimate of drug-likeness (QED) is 0.808. The molecule has 2 rings (SSSR count). The number of hydrogen-bond donors (Lipinski definition) is 1. The van der Waals surface area contributed by atoms with Crippen LogP contribution < -0.4 is 5.32 Å². The maximum absolute atomic E-state index is 3.43. The van der Waals surface area contributed by atoms with Crippen LogP contribution in [-0.2, 0) is 0 Å². The molecule has 1 N–H and O–H groups in total. The third kappa shape index (κ3) is 4.22. The summed E-state index contributed by atoms with van der Waals surface area (Å²) in [4.78, 5) is 5.35. The van der Waals surface area contributed by atoms with Crippen molar-refractivity contribution in [2.75, 3.05) is 39.8 Å². The molecule has 0 spiro atoms. The van der Waals surface area contributed by atoms with Crippen molar-refractivity contribution in [2.24, 2.45) is 0 Å². The zero-order chi connectivity index (χ0) is 12.8. The Kier molecular flexibility index (Phi) is 5.93. The summed E-state index contributed by atoms with van der Waals surface area (Å²) in [5, 5.41) is 3.43. The van der Waals surface area contributed by atoms with Crippen molar-refractivity contribution >= 4 is 0 Å². The summed E-state index contributed by atoms with van der Waals surface area (Å²) in [6.45, 7) is 8.90. The second kappa shape index (κ2) is 7.46. The van der Waals surface area contributed by atoms with Gasteiger partial charge in [0.15, 0.2) is 0 Å². The molecular formula is C15H31N3. The molecule has 0 saturated carbocycles. The fourth-order valence-electron chi connectivity index (χ4n) is 3.48. The third-order valence-corrected chi connectivity index (χ3v) is 4.77. The molecule has 2 heterocycles. The molecule has 2 atom stereocenters. The van der Waals surface area contributed by atoms with Gasteiger partial charge >= 0.3 is 0 Å². The van der Waals surface area contributed by atoms with Gasteiger partial charge in [0, 0.05) is 18.6 Å². The van der Waals surface area contributed by atoms with Crippen LogP contribution in [0.25, 0.3) is 0 Å². The Balaban J connectivity index is 1.62. The number of likely N-dealkylation sites (tertiary alicyclic amines) is 2. The summed E-state index contributed by atoms with van der Waals surface area (Å²) in [7, 11) is 2.10. The molecule has 0 aliphatic carbocycles. The van der Waals surface area contributed by atoms with E-state index in [1.54, 1.807) is 0 Å². The molecule has 3 heteroatoms. The summed E-state index contributed by atoms with van der Waals surface area (Å²) >= 11 is 0. The van der Waals surface area contributed by atoms with Crippen LogP contribution in [0.3, 0.4) is 0 Å². The van der Waals surface area contributed by atoms with Crippen molar-refractivity contribution in [3.05, 3.63) is 0 Å². The third-order valence-electron chi connectivity index (χ3n) is 4.77. The van der Waals surface area contributed by atoms with Gasteiger partial charge in [0.1, 0.15) is 0 Å². The first-order chi connectivity index (χ1) is 8.79. The highest BCUT2D eigenvalue weighted by molar-refractivity contribution is 4.78. The molecule has 2 aliphatic heterocycles. The standard InChI is InChI=1S/C15H31N3/c1-14-7-3-4-11-18(14)12-6-10-17-9-5-8-15(13-17)16-2/h14-16H,3-13H2,1-2H3. The molecular weight excluding hydrogens is 222 g/mol. The van der Waals surface area contributed by atoms with Crippen LogP contribution in [0.15, 0.2) is 0 Å². The highest BCUT2D eigenvalue weighted by Gasteiger charge is 2.20. The van der Waals surface area contributed by atoms with Crippen LogP contribution >= 0.6 is 0 Å². The molecule has 2 unspecified atom stereocenters. The van der Waals surface area contributed by atoms with Gasteiger partial charge in [-0.3, -0.25) is 0 Å². The molecule has 3 nitrogen and oxygen atoms in total. The van der Waals surface area contributed by atoms with E-state index in [1.807, 2.05) is 0 Å². The average Bonchev–Trinajstić information content (AvgIpc) is 2.41. The highest BCUT2D eigenvalue weighted by Crippen LogP contribution is 2.17. The Bertz CT molecular complexity index is 232. The Morgan fingerprint density at radius 3 is 2.72 bits per heavy atom. The van der Waals surface area contributed by atoms with E-state index in [-0.39, 0.29) is 0 Å². The first-order valence-corrected chi connectivity index (χ1v) is 7.93. The first-order valence-electron chi connectivity index (χ1n) is 7.93. The smallest absolute Gasteiger partial charge is 0.0192 e. The zero-order valence-electron chi connectivity index (χ0n) is 12.3. The molecule has 0 aromatic heterocycles. The molecule has 0 bridgehead atoms. The predicted molar refractivity (Wildman–Crippen MR) is 78.0 cm³/mol. The minimum absolute atomic E-state index is 0.729. The van der Waals surface area contributed by atoms with Crippen molar-refractivity contribution in [1.29, 1.82) is 0 Å². The van der Waals surface area contributed by atoms with Gasteiger partial charge in [0.2, 0.25) is 0 Å². The number of rotatable bonds is 5. The molecule has 106 valence electrons. The fraction of sp³-hybridized carbons (Fsp3) is 1.00. The van der Waals surface area contributed by atoms with Crippen molar-refractivity contribution in [3.8, 4) is 0 Å². The minimum atomic E-state index is 0.729. The average molecular weight is 253 g/mol. The van der Waals surface area contributed by atoms with Gasteiger partial charge in [0.25, 0.3) is 0 Å². The van der Waals surface area contributed by atoms with E-state index in [9.17, 15) is 0 Å². The lowest BCUT2D eigenvalue weighted by Crippen LogP contribution is -2.45. The molecule has 0 aromatic carbocycles. The maximum Gasteiger partial charge on any atom is 0.0192 e. The van der Waals surface area contributed by atoms with Crippen molar-refractivity contribution in [1.82, 2.24) is 15.1 Å². The number of nitrogens with one attached hydrogen (secondary N) is 1. The Morgan fingerprint density at radius 1 is 1.06 bits per heavy atom. The van der Waals surface area contributed by atoms with Gasteiger partial charge in [-0.05, 0) is 72.3 Å². The molecule has 0 aromatic rings. The number of likely N-dealkylation sites (N-methyl/N-ethyl adjacent to an activating group) is 1. The van der Waals surface area contributed by atoms with Crippen molar-refractivity contribution in [3.63, 3.8) is 0 Å². The number of nitrogens with zero attached hydrogens (tertiary/aromatic N) is 2. The normalized spacial score (nSPS) is 31.7. The van der Waals surface area contributed by atoms with Crippen LogP contribution in [-0.4, -0.2) is 61.7 Å². The summed E-state index contributed by atoms with van der Waals surface area (Å²) in [6, 6.07) is 1.55. The number of piperidine rings is 2. The second-order valence-electron chi connectivity index (χ2n) is 6.16. The molecule has 18 heavy (non-hydrogen) atoms. The lowest BCUT2D eigenvalue weighted by molar-refractivity contribution is 0.139. The topological polar surface area (TPSA) is 18.5 Å². The Morgan fingerprint density at radius 2 is 1.94 bits per heavy atom. The summed E-state index contributed by atoms with van der Waals surface area (Å²) in [5.74, 6) is 0. The van der Waals surface area contributed by atoms with Crippen molar-refractivity contribution < 1.29 is 0 Å². The van der Waals surface area contributed by atoms with Gasteiger partial charge in [-0.1, -0.05) is 6.42 Å². The number of hydrogen-bond acceptors (Lipinski definition) is 3. The van der Waals surface area contributed by atoms with Gasteiger partial charge < -0.3 is 15.1 Å². The summed E-state index contributed by atoms with van der Waals surface area (Å²) in [5.41, 5.74) is 0. The lowest BCUT2D eigenvalue weighted by atomic mass is 10.0. The van der Waals surface area contributed by atoms with Crippen LogP contribution in [0.2, 0.25) is 0 Å². The van der Waals surface area contributed by atoms with E-state index in [1.165, 1.54) is 71.2 Å². The van der Waals surface area contributed by atoms with E-state index >= 15 is 0 Å². The largest absolute Gasteiger partial charge is 0.316 e. The summed E-state index contributed by atoms with van der Waals surface area (Å²) in [6.07, 6.45) is 8.33. The molecule has 2 aliphatic rings. The van der Waals surface area contributed by atoms with Crippen LogP contribution in [0, 0.1) is 0 Å². The Labute approximate surface area is 113 Å². The maximum atomic E-state index is 3.43. The first kappa shape index (κ1) is 14.3. The molecule has 2 saturated heterocycles. The van der Waals surface area contributed by atoms with E-state index in [0.29, 0.717) is 0 Å². The zero-order valence-corrected chi connectivity index (χ0v) is 12.3. The fourth-order valence-corrected chi connectivity index (χ4v) is 3.48. The van der Waals surface area contributed by atoms with Gasteiger partial charge in [0.05, 0.1) is 0 Å². The van der Waals surface area contributed by atoms with E-state index < -0.39 is 0 Å². The van der Waals surface area contributed by atoms with Crippen molar-refractivity contribution in [2.45, 2.75) is 57.5 Å². The molecule has 2 fully saturated rings. The second-order valence-corrected chi connectivity index (χ2v) is 6.16. The monoisotopic (exact) mass is 253 g/mol. The van der Waals surface area contributed by atoms with Crippen LogP contribution in [0.1, 0.15) is 45.4 Å². The van der Waals surface area contributed by atoms with Gasteiger partial charge in [-0.15, -0.1) is 0 Å². The lowest BCUT2D eigenvalue weighted by Gasteiger charge is -2.35. The van der Waals surface area contributed by atoms with Crippen LogP contribution in [0.4, 0.5) is 0 Å².